The molecular formula is C19H15N5. The van der Waals surface area contributed by atoms with Crippen LogP contribution in [0.25, 0.3) is 21.8 Å². The van der Waals surface area contributed by atoms with Gasteiger partial charge in [-0.15, -0.1) is 10.2 Å². The molecule has 0 saturated carbocycles. The highest BCUT2D eigenvalue weighted by molar-refractivity contribution is 5.92. The van der Waals surface area contributed by atoms with Crippen LogP contribution >= 0.6 is 0 Å². The lowest BCUT2D eigenvalue weighted by molar-refractivity contribution is 1.01. The molecule has 5 nitrogen and oxygen atoms in total. The molecule has 0 aliphatic rings. The molecule has 0 saturated heterocycles. The van der Waals surface area contributed by atoms with Gasteiger partial charge < -0.3 is 10.3 Å². The first kappa shape index (κ1) is 14.2. The van der Waals surface area contributed by atoms with E-state index in [1.54, 1.807) is 0 Å². The number of hydrogen-bond donors (Lipinski definition) is 2. The van der Waals surface area contributed by atoms with Crippen LogP contribution in [-0.2, 0) is 6.42 Å². The lowest BCUT2D eigenvalue weighted by Gasteiger charge is -2.10. The van der Waals surface area contributed by atoms with E-state index in [0.717, 1.165) is 28.5 Å². The van der Waals surface area contributed by atoms with Crippen molar-refractivity contribution >= 4 is 27.5 Å². The lowest BCUT2D eigenvalue weighted by Crippen LogP contribution is -2.08. The minimum atomic E-state index is 0.327. The van der Waals surface area contributed by atoms with Crippen LogP contribution in [0.4, 0.5) is 5.69 Å². The quantitative estimate of drug-likeness (QED) is 0.603. The number of aromatic amines is 1. The summed E-state index contributed by atoms with van der Waals surface area (Å²) in [4.78, 5) is 3.29. The largest absolute Gasteiger partial charge is 0.382 e. The van der Waals surface area contributed by atoms with Gasteiger partial charge in [-0.3, -0.25) is 0 Å². The number of nitrogens with zero attached hydrogens (tertiary/aromatic N) is 3. The summed E-state index contributed by atoms with van der Waals surface area (Å²) < 4.78 is 0. The van der Waals surface area contributed by atoms with Gasteiger partial charge in [-0.1, -0.05) is 36.4 Å². The van der Waals surface area contributed by atoms with Crippen molar-refractivity contribution in [1.29, 1.82) is 5.26 Å². The van der Waals surface area contributed by atoms with E-state index < -0.39 is 0 Å². The van der Waals surface area contributed by atoms with Crippen LogP contribution in [0.1, 0.15) is 11.3 Å². The Labute approximate surface area is 139 Å². The average Bonchev–Trinajstić information content (AvgIpc) is 3.05. The number of nitrogens with one attached hydrogen (secondary N) is 2. The van der Waals surface area contributed by atoms with Gasteiger partial charge in [0.25, 0.3) is 0 Å². The van der Waals surface area contributed by atoms with E-state index >= 15 is 0 Å². The molecule has 4 rings (SSSR count). The lowest BCUT2D eigenvalue weighted by atomic mass is 10.1. The van der Waals surface area contributed by atoms with Crippen LogP contribution in [0, 0.1) is 11.3 Å². The first-order valence-corrected chi connectivity index (χ1v) is 7.81. The highest BCUT2D eigenvalue weighted by Crippen LogP contribution is 2.24. The molecule has 2 N–H and O–H groups in total. The normalized spacial score (nSPS) is 10.8. The smallest absolute Gasteiger partial charge is 0.186 e. The molecule has 0 atom stereocenters. The fourth-order valence-electron chi connectivity index (χ4n) is 2.97. The molecule has 2 aromatic carbocycles. The third-order valence-corrected chi connectivity index (χ3v) is 4.14. The Kier molecular flexibility index (Phi) is 3.56. The van der Waals surface area contributed by atoms with Gasteiger partial charge in [0, 0.05) is 29.0 Å². The number of para-hydroxylation sites is 1. The van der Waals surface area contributed by atoms with Crippen molar-refractivity contribution in [3.8, 4) is 6.07 Å². The van der Waals surface area contributed by atoms with Crippen molar-refractivity contribution < 1.29 is 0 Å². The molecule has 4 aromatic rings. The van der Waals surface area contributed by atoms with E-state index in [4.69, 9.17) is 0 Å². The summed E-state index contributed by atoms with van der Waals surface area (Å²) in [6.07, 6.45) is 2.89. The van der Waals surface area contributed by atoms with Crippen LogP contribution in [0.5, 0.6) is 0 Å². The topological polar surface area (TPSA) is 77.4 Å². The molecule has 0 fully saturated rings. The van der Waals surface area contributed by atoms with Crippen molar-refractivity contribution in [2.75, 3.05) is 11.9 Å². The Morgan fingerprint density at radius 1 is 1.00 bits per heavy atom. The molecule has 0 amide bonds. The number of fused-ring (bicyclic) bond motifs is 2. The molecule has 0 aliphatic heterocycles. The van der Waals surface area contributed by atoms with Gasteiger partial charge >= 0.3 is 0 Å². The molecule has 0 aliphatic carbocycles. The minimum absolute atomic E-state index is 0.327. The van der Waals surface area contributed by atoms with E-state index in [2.05, 4.69) is 38.7 Å². The number of H-pyrrole nitrogens is 1. The van der Waals surface area contributed by atoms with Crippen LogP contribution in [0.3, 0.4) is 0 Å². The van der Waals surface area contributed by atoms with Gasteiger partial charge in [-0.2, -0.15) is 5.26 Å². The zero-order valence-corrected chi connectivity index (χ0v) is 13.0. The maximum Gasteiger partial charge on any atom is 0.186 e. The van der Waals surface area contributed by atoms with Gasteiger partial charge in [-0.25, -0.2) is 0 Å². The molecule has 5 heteroatoms. The van der Waals surface area contributed by atoms with Crippen LogP contribution < -0.4 is 5.32 Å². The number of benzene rings is 2. The van der Waals surface area contributed by atoms with Crippen molar-refractivity contribution in [2.45, 2.75) is 6.42 Å². The molecule has 0 radical (unpaired) electrons. The first-order chi connectivity index (χ1) is 11.9. The van der Waals surface area contributed by atoms with Gasteiger partial charge in [0.1, 0.15) is 6.07 Å². The third-order valence-electron chi connectivity index (χ3n) is 4.14. The second-order valence-electron chi connectivity index (χ2n) is 5.59. The second-order valence-corrected chi connectivity index (χ2v) is 5.59. The summed E-state index contributed by atoms with van der Waals surface area (Å²) in [5, 5.41) is 22.9. The highest BCUT2D eigenvalue weighted by Gasteiger charge is 2.10. The number of aromatic nitrogens is 3. The van der Waals surface area contributed by atoms with Crippen molar-refractivity contribution in [3.05, 3.63) is 66.0 Å². The number of hydrogen-bond acceptors (Lipinski definition) is 4. The molecular weight excluding hydrogens is 298 g/mol. The summed E-state index contributed by atoms with van der Waals surface area (Å²) in [5.74, 6) is 0. The Morgan fingerprint density at radius 3 is 2.67 bits per heavy atom. The van der Waals surface area contributed by atoms with Crippen LogP contribution in [-0.4, -0.2) is 21.7 Å². The summed E-state index contributed by atoms with van der Waals surface area (Å²) in [7, 11) is 0. The van der Waals surface area contributed by atoms with Gasteiger partial charge in [0.15, 0.2) is 5.69 Å². The third kappa shape index (κ3) is 2.44. The molecule has 24 heavy (non-hydrogen) atoms. The van der Waals surface area contributed by atoms with Crippen molar-refractivity contribution in [3.63, 3.8) is 0 Å². The highest BCUT2D eigenvalue weighted by atomic mass is 15.1. The SMILES string of the molecule is N#Cc1nnc2ccccc2c1NCCc1c[nH]c2ccccc12. The fraction of sp³-hybridized carbons (Fsp3) is 0.105. The zero-order chi connectivity index (χ0) is 16.4. The number of anilines is 1. The Bertz CT molecular complexity index is 1060. The molecule has 0 unspecified atom stereocenters. The average molecular weight is 313 g/mol. The Hall–Kier alpha value is -3.39. The van der Waals surface area contributed by atoms with E-state index in [0.29, 0.717) is 12.2 Å². The molecule has 2 heterocycles. The molecule has 2 aromatic heterocycles. The Balaban J connectivity index is 1.60. The van der Waals surface area contributed by atoms with Gasteiger partial charge in [0.05, 0.1) is 11.2 Å². The van der Waals surface area contributed by atoms with E-state index in [-0.39, 0.29) is 0 Å². The first-order valence-electron chi connectivity index (χ1n) is 7.81. The summed E-state index contributed by atoms with van der Waals surface area (Å²) in [6.45, 7) is 0.714. The monoisotopic (exact) mass is 313 g/mol. The molecule has 0 spiro atoms. The van der Waals surface area contributed by atoms with E-state index in [9.17, 15) is 5.26 Å². The predicted molar refractivity (Wildman–Crippen MR) is 94.7 cm³/mol. The van der Waals surface area contributed by atoms with Crippen molar-refractivity contribution in [1.82, 2.24) is 15.2 Å². The zero-order valence-electron chi connectivity index (χ0n) is 13.0. The van der Waals surface area contributed by atoms with Crippen molar-refractivity contribution in [2.24, 2.45) is 0 Å². The standard InChI is InChI=1S/C19H15N5/c20-11-18-19(15-6-2-4-8-17(15)23-24-18)21-10-9-13-12-22-16-7-3-1-5-14(13)16/h1-8,12,22H,9-10H2,(H,21,23). The Morgan fingerprint density at radius 2 is 1.79 bits per heavy atom. The van der Waals surface area contributed by atoms with Crippen LogP contribution in [0.2, 0.25) is 0 Å². The second kappa shape index (κ2) is 6.01. The maximum atomic E-state index is 9.31. The van der Waals surface area contributed by atoms with E-state index in [1.807, 2.05) is 42.6 Å². The summed E-state index contributed by atoms with van der Waals surface area (Å²) in [5.41, 5.74) is 4.26. The van der Waals surface area contributed by atoms with E-state index in [1.165, 1.54) is 10.9 Å². The van der Waals surface area contributed by atoms with Crippen LogP contribution in [0.15, 0.2) is 54.7 Å². The molecule has 0 bridgehead atoms. The summed E-state index contributed by atoms with van der Waals surface area (Å²) >= 11 is 0. The minimum Gasteiger partial charge on any atom is -0.382 e. The fourth-order valence-corrected chi connectivity index (χ4v) is 2.97. The summed E-state index contributed by atoms with van der Waals surface area (Å²) in [6, 6.07) is 18.1. The van der Waals surface area contributed by atoms with Gasteiger partial charge in [-0.05, 0) is 24.1 Å². The molecule has 116 valence electrons. The predicted octanol–water partition coefficient (Wildman–Crippen LogP) is 3.64. The maximum absolute atomic E-state index is 9.31. The number of rotatable bonds is 4. The van der Waals surface area contributed by atoms with Gasteiger partial charge in [0.2, 0.25) is 0 Å². The number of nitriles is 1.